The highest BCUT2D eigenvalue weighted by Gasteiger charge is 2.37. The molecule has 2 aromatic carbocycles. The number of carbonyl (C=O) groups excluding carboxylic acids is 2. The van der Waals surface area contributed by atoms with Crippen LogP contribution in [0.1, 0.15) is 36.5 Å². The van der Waals surface area contributed by atoms with E-state index in [0.29, 0.717) is 11.6 Å². The number of anilines is 1. The van der Waals surface area contributed by atoms with Crippen molar-refractivity contribution >= 4 is 17.5 Å². The lowest BCUT2D eigenvalue weighted by molar-refractivity contribution is -0.137. The molecule has 0 aromatic heterocycles. The monoisotopic (exact) mass is 366 g/mol. The molecule has 0 unspecified atom stereocenters. The molecule has 0 fully saturated rings. The van der Waals surface area contributed by atoms with Crippen LogP contribution < -0.4 is 10.6 Å². The van der Waals surface area contributed by atoms with Crippen LogP contribution in [0.25, 0.3) is 0 Å². The van der Waals surface area contributed by atoms with Crippen LogP contribution in [0.2, 0.25) is 0 Å². The van der Waals surface area contributed by atoms with Gasteiger partial charge in [0, 0.05) is 32.2 Å². The maximum atomic E-state index is 12.2. The number of fused-ring (bicyclic) bond motifs is 1. The number of nitrogens with one attached hydrogen (secondary N) is 2. The third-order valence-electron chi connectivity index (χ3n) is 5.19. The van der Waals surface area contributed by atoms with E-state index in [1.54, 1.807) is 7.11 Å². The first-order valence-corrected chi connectivity index (χ1v) is 9.23. The van der Waals surface area contributed by atoms with Crippen LogP contribution in [0.3, 0.4) is 0 Å². The van der Waals surface area contributed by atoms with Crippen LogP contribution in [0.5, 0.6) is 0 Å². The molecule has 2 N–H and O–H groups in total. The summed E-state index contributed by atoms with van der Waals surface area (Å²) in [6.45, 7) is 4.50. The van der Waals surface area contributed by atoms with Gasteiger partial charge in [-0.2, -0.15) is 0 Å². The van der Waals surface area contributed by atoms with Crippen molar-refractivity contribution in [2.75, 3.05) is 19.0 Å². The zero-order valence-electron chi connectivity index (χ0n) is 16.0. The Morgan fingerprint density at radius 1 is 1.00 bits per heavy atom. The van der Waals surface area contributed by atoms with Gasteiger partial charge in [0.2, 0.25) is 0 Å². The van der Waals surface area contributed by atoms with Crippen molar-refractivity contribution in [3.8, 4) is 0 Å². The van der Waals surface area contributed by atoms with Crippen LogP contribution >= 0.6 is 0 Å². The first-order chi connectivity index (χ1) is 12.9. The number of amides is 2. The second kappa shape index (κ2) is 7.92. The highest BCUT2D eigenvalue weighted by Crippen LogP contribution is 2.32. The summed E-state index contributed by atoms with van der Waals surface area (Å²) in [7, 11) is 1.65. The maximum Gasteiger partial charge on any atom is 0.313 e. The number of methoxy groups -OCH3 is 1. The fourth-order valence-corrected chi connectivity index (χ4v) is 3.46. The summed E-state index contributed by atoms with van der Waals surface area (Å²) in [5.41, 5.74) is 3.74. The predicted octanol–water partition coefficient (Wildman–Crippen LogP) is 3.05. The molecule has 2 amide bonds. The summed E-state index contributed by atoms with van der Waals surface area (Å²) in [5.74, 6) is -0.914. The van der Waals surface area contributed by atoms with Crippen molar-refractivity contribution in [2.24, 2.45) is 0 Å². The van der Waals surface area contributed by atoms with Gasteiger partial charge in [-0.25, -0.2) is 0 Å². The van der Waals surface area contributed by atoms with E-state index < -0.39 is 17.4 Å². The number of hydrogen-bond donors (Lipinski definition) is 2. The fourth-order valence-electron chi connectivity index (χ4n) is 3.46. The Hall–Kier alpha value is -2.66. The Labute approximate surface area is 160 Å². The summed E-state index contributed by atoms with van der Waals surface area (Å²) in [5, 5.41) is 5.36. The van der Waals surface area contributed by atoms with Crippen LogP contribution in [0.4, 0.5) is 5.69 Å². The standard InChI is InChI=1S/C22H26N2O3/c1-15(2)16-8-10-19(11-9-16)24-21(26)20(25)23-14-22(27-3)12-17-6-4-5-7-18(17)13-22/h4-11,15H,12-14H2,1-3H3,(H,23,25)(H,24,26). The molecule has 3 rings (SSSR count). The molecule has 5 heteroatoms. The molecule has 0 heterocycles. The molecule has 0 aliphatic heterocycles. The van der Waals surface area contributed by atoms with Gasteiger partial charge in [-0.1, -0.05) is 50.2 Å². The largest absolute Gasteiger partial charge is 0.376 e. The smallest absolute Gasteiger partial charge is 0.313 e. The molecule has 142 valence electrons. The Morgan fingerprint density at radius 3 is 2.11 bits per heavy atom. The number of ether oxygens (including phenoxy) is 1. The van der Waals surface area contributed by atoms with Gasteiger partial charge >= 0.3 is 11.8 Å². The Balaban J connectivity index is 1.56. The van der Waals surface area contributed by atoms with Crippen molar-refractivity contribution in [2.45, 2.75) is 38.2 Å². The summed E-state index contributed by atoms with van der Waals surface area (Å²) >= 11 is 0. The van der Waals surface area contributed by atoms with Gasteiger partial charge in [-0.15, -0.1) is 0 Å². The first kappa shape index (κ1) is 19.1. The van der Waals surface area contributed by atoms with Crippen molar-refractivity contribution in [3.63, 3.8) is 0 Å². The SMILES string of the molecule is COC1(CNC(=O)C(=O)Nc2ccc(C(C)C)cc2)Cc2ccccc2C1. The molecule has 1 aliphatic carbocycles. The van der Waals surface area contributed by atoms with Crippen LogP contribution in [-0.4, -0.2) is 31.1 Å². The molecule has 0 radical (unpaired) electrons. The van der Waals surface area contributed by atoms with E-state index in [-0.39, 0.29) is 6.54 Å². The summed E-state index contributed by atoms with van der Waals surface area (Å²) in [6, 6.07) is 15.7. The van der Waals surface area contributed by atoms with Gasteiger partial charge in [0.15, 0.2) is 0 Å². The molecule has 0 spiro atoms. The zero-order valence-corrected chi connectivity index (χ0v) is 16.0. The minimum absolute atomic E-state index is 0.288. The molecule has 5 nitrogen and oxygen atoms in total. The second-order valence-electron chi connectivity index (χ2n) is 7.42. The fraction of sp³-hybridized carbons (Fsp3) is 0.364. The summed E-state index contributed by atoms with van der Waals surface area (Å²) in [4.78, 5) is 24.4. The number of carbonyl (C=O) groups is 2. The number of benzene rings is 2. The molecule has 0 saturated carbocycles. The average molecular weight is 366 g/mol. The van der Waals surface area contributed by atoms with Crippen LogP contribution in [0.15, 0.2) is 48.5 Å². The van der Waals surface area contributed by atoms with E-state index in [4.69, 9.17) is 4.74 Å². The predicted molar refractivity (Wildman–Crippen MR) is 106 cm³/mol. The van der Waals surface area contributed by atoms with Gasteiger partial charge in [0.05, 0.1) is 5.60 Å². The van der Waals surface area contributed by atoms with Gasteiger partial charge in [0.1, 0.15) is 0 Å². The lowest BCUT2D eigenvalue weighted by atomic mass is 10.00. The molecular weight excluding hydrogens is 340 g/mol. The van der Waals surface area contributed by atoms with E-state index >= 15 is 0 Å². The molecule has 0 saturated heterocycles. The Kier molecular flexibility index (Phi) is 5.61. The highest BCUT2D eigenvalue weighted by atomic mass is 16.5. The lowest BCUT2D eigenvalue weighted by Gasteiger charge is -2.27. The minimum atomic E-state index is -0.672. The van der Waals surface area contributed by atoms with Gasteiger partial charge < -0.3 is 15.4 Å². The molecule has 0 bridgehead atoms. The topological polar surface area (TPSA) is 67.4 Å². The highest BCUT2D eigenvalue weighted by molar-refractivity contribution is 6.39. The summed E-state index contributed by atoms with van der Waals surface area (Å²) < 4.78 is 5.72. The maximum absolute atomic E-state index is 12.2. The van der Waals surface area contributed by atoms with Crippen LogP contribution in [0, 0.1) is 0 Å². The van der Waals surface area contributed by atoms with Gasteiger partial charge in [0.25, 0.3) is 0 Å². The quantitative estimate of drug-likeness (QED) is 0.799. The van der Waals surface area contributed by atoms with E-state index in [1.807, 2.05) is 36.4 Å². The van der Waals surface area contributed by atoms with Crippen LogP contribution in [-0.2, 0) is 27.2 Å². The molecule has 27 heavy (non-hydrogen) atoms. The molecule has 0 atom stereocenters. The molecule has 2 aromatic rings. The van der Waals surface area contributed by atoms with E-state index in [9.17, 15) is 9.59 Å². The van der Waals surface area contributed by atoms with Crippen molar-refractivity contribution in [1.29, 1.82) is 0 Å². The van der Waals surface area contributed by atoms with Crippen molar-refractivity contribution < 1.29 is 14.3 Å². The van der Waals surface area contributed by atoms with E-state index in [1.165, 1.54) is 16.7 Å². The lowest BCUT2D eigenvalue weighted by Crippen LogP contribution is -2.48. The summed E-state index contributed by atoms with van der Waals surface area (Å²) in [6.07, 6.45) is 1.44. The van der Waals surface area contributed by atoms with Crippen molar-refractivity contribution in [1.82, 2.24) is 5.32 Å². The molecule has 1 aliphatic rings. The third kappa shape index (κ3) is 4.37. The van der Waals surface area contributed by atoms with E-state index in [2.05, 4.69) is 36.6 Å². The number of hydrogen-bond acceptors (Lipinski definition) is 3. The Morgan fingerprint density at radius 2 is 1.59 bits per heavy atom. The average Bonchev–Trinajstić information content (AvgIpc) is 3.05. The normalized spacial score (nSPS) is 14.7. The Bertz CT molecular complexity index is 803. The second-order valence-corrected chi connectivity index (χ2v) is 7.42. The first-order valence-electron chi connectivity index (χ1n) is 9.23. The van der Waals surface area contributed by atoms with Crippen molar-refractivity contribution in [3.05, 3.63) is 65.2 Å². The van der Waals surface area contributed by atoms with Gasteiger partial charge in [-0.3, -0.25) is 9.59 Å². The zero-order chi connectivity index (χ0) is 19.4. The number of rotatable bonds is 5. The van der Waals surface area contributed by atoms with Gasteiger partial charge in [-0.05, 0) is 34.7 Å². The molecular formula is C22H26N2O3. The van der Waals surface area contributed by atoms with E-state index in [0.717, 1.165) is 12.8 Å². The third-order valence-corrected chi connectivity index (χ3v) is 5.19. The minimum Gasteiger partial charge on any atom is -0.376 e.